The van der Waals surface area contributed by atoms with Gasteiger partial charge in [0.15, 0.2) is 17.5 Å². The normalized spacial score (nSPS) is 11.3. The fraction of sp³-hybridized carbons (Fsp3) is 0.500. The van der Waals surface area contributed by atoms with E-state index in [2.05, 4.69) is 10.6 Å². The van der Waals surface area contributed by atoms with Crippen molar-refractivity contribution in [1.29, 1.82) is 0 Å². The zero-order valence-electron chi connectivity index (χ0n) is 18.3. The number of nitrogens with one attached hydrogen (secondary N) is 2. The van der Waals surface area contributed by atoms with E-state index in [0.29, 0.717) is 30.3 Å². The molecule has 0 aliphatic rings. The Morgan fingerprint density at radius 3 is 2.37 bits per heavy atom. The van der Waals surface area contributed by atoms with Crippen LogP contribution in [0, 0.1) is 0 Å². The van der Waals surface area contributed by atoms with Crippen LogP contribution in [0.5, 0.6) is 17.2 Å². The molecule has 0 amide bonds. The van der Waals surface area contributed by atoms with Gasteiger partial charge in [0.05, 0.1) is 34.1 Å². The minimum Gasteiger partial charge on any atom is -0.493 e. The van der Waals surface area contributed by atoms with Gasteiger partial charge in [0.1, 0.15) is 5.76 Å². The van der Waals surface area contributed by atoms with E-state index in [1.807, 2.05) is 31.2 Å². The molecule has 2 N–H and O–H groups in total. The Hall–Kier alpha value is -2.87. The van der Waals surface area contributed by atoms with E-state index < -0.39 is 0 Å². The lowest BCUT2D eigenvalue weighted by atomic mass is 10.2. The SMILES string of the molecule is CCOCCCNC(=NCc1cc(OC)c(OC)c(OC)c1)NCCc1ccco1. The molecule has 1 heterocycles. The summed E-state index contributed by atoms with van der Waals surface area (Å²) in [6.45, 7) is 5.37. The highest BCUT2D eigenvalue weighted by atomic mass is 16.5. The van der Waals surface area contributed by atoms with Gasteiger partial charge in [-0.3, -0.25) is 0 Å². The number of furan rings is 1. The van der Waals surface area contributed by atoms with Crippen molar-refractivity contribution >= 4 is 5.96 Å². The average Bonchev–Trinajstić information content (AvgIpc) is 3.29. The number of guanidine groups is 1. The molecule has 1 aromatic heterocycles. The van der Waals surface area contributed by atoms with E-state index in [1.54, 1.807) is 27.6 Å². The smallest absolute Gasteiger partial charge is 0.203 e. The van der Waals surface area contributed by atoms with Crippen LogP contribution in [0.2, 0.25) is 0 Å². The van der Waals surface area contributed by atoms with Crippen LogP contribution in [0.3, 0.4) is 0 Å². The maximum absolute atomic E-state index is 5.43. The summed E-state index contributed by atoms with van der Waals surface area (Å²) >= 11 is 0. The number of ether oxygens (including phenoxy) is 4. The quantitative estimate of drug-likeness (QED) is 0.293. The first-order valence-corrected chi connectivity index (χ1v) is 10.1. The van der Waals surface area contributed by atoms with Crippen LogP contribution in [0.15, 0.2) is 39.9 Å². The first kappa shape index (κ1) is 23.4. The van der Waals surface area contributed by atoms with Crippen molar-refractivity contribution in [2.24, 2.45) is 4.99 Å². The van der Waals surface area contributed by atoms with Crippen LogP contribution >= 0.6 is 0 Å². The number of aliphatic imine (C=N–C) groups is 1. The Labute approximate surface area is 178 Å². The zero-order chi connectivity index (χ0) is 21.6. The number of rotatable bonds is 13. The maximum Gasteiger partial charge on any atom is 0.203 e. The Bertz CT molecular complexity index is 737. The van der Waals surface area contributed by atoms with Crippen LogP contribution in [-0.2, 0) is 17.7 Å². The molecule has 2 aromatic rings. The van der Waals surface area contributed by atoms with E-state index in [4.69, 9.17) is 28.4 Å². The first-order chi connectivity index (χ1) is 14.7. The minimum absolute atomic E-state index is 0.457. The predicted molar refractivity (Wildman–Crippen MR) is 117 cm³/mol. The molecular weight excluding hydrogens is 386 g/mol. The second kappa shape index (κ2) is 13.4. The fourth-order valence-corrected chi connectivity index (χ4v) is 2.86. The summed E-state index contributed by atoms with van der Waals surface area (Å²) < 4.78 is 27.0. The molecule has 2 rings (SSSR count). The summed E-state index contributed by atoms with van der Waals surface area (Å²) in [6.07, 6.45) is 3.36. The monoisotopic (exact) mass is 419 g/mol. The third-order valence-electron chi connectivity index (χ3n) is 4.35. The highest BCUT2D eigenvalue weighted by molar-refractivity contribution is 5.79. The van der Waals surface area contributed by atoms with E-state index in [9.17, 15) is 0 Å². The van der Waals surface area contributed by atoms with Gasteiger partial charge >= 0.3 is 0 Å². The van der Waals surface area contributed by atoms with Gasteiger partial charge in [0, 0.05) is 32.7 Å². The van der Waals surface area contributed by atoms with Crippen molar-refractivity contribution in [3.63, 3.8) is 0 Å². The van der Waals surface area contributed by atoms with Gasteiger partial charge in [0.2, 0.25) is 5.75 Å². The summed E-state index contributed by atoms with van der Waals surface area (Å²) in [4.78, 5) is 4.71. The second-order valence-electron chi connectivity index (χ2n) is 6.43. The highest BCUT2D eigenvalue weighted by Crippen LogP contribution is 2.38. The standard InChI is InChI=1S/C22H33N3O5/c1-5-29-12-7-10-23-22(24-11-9-18-8-6-13-30-18)25-16-17-14-19(26-2)21(28-4)20(15-17)27-3/h6,8,13-15H,5,7,9-12,16H2,1-4H3,(H2,23,24,25). The van der Waals surface area contributed by atoms with Crippen molar-refractivity contribution in [3.8, 4) is 17.2 Å². The molecule has 0 aliphatic carbocycles. The summed E-state index contributed by atoms with van der Waals surface area (Å²) in [7, 11) is 4.79. The van der Waals surface area contributed by atoms with Crippen LogP contribution in [0.25, 0.3) is 0 Å². The molecule has 0 unspecified atom stereocenters. The van der Waals surface area contributed by atoms with Crippen molar-refractivity contribution in [2.45, 2.75) is 26.3 Å². The molecule has 30 heavy (non-hydrogen) atoms. The van der Waals surface area contributed by atoms with E-state index in [0.717, 1.165) is 49.9 Å². The van der Waals surface area contributed by atoms with Gasteiger partial charge in [-0.2, -0.15) is 0 Å². The molecule has 0 saturated carbocycles. The van der Waals surface area contributed by atoms with Crippen molar-refractivity contribution in [3.05, 3.63) is 41.9 Å². The van der Waals surface area contributed by atoms with Crippen LogP contribution in [0.1, 0.15) is 24.7 Å². The van der Waals surface area contributed by atoms with Gasteiger partial charge in [-0.05, 0) is 43.2 Å². The minimum atomic E-state index is 0.457. The molecule has 1 aromatic carbocycles. The molecular formula is C22H33N3O5. The lowest BCUT2D eigenvalue weighted by molar-refractivity contribution is 0.145. The van der Waals surface area contributed by atoms with E-state index in [1.165, 1.54) is 0 Å². The second-order valence-corrected chi connectivity index (χ2v) is 6.43. The van der Waals surface area contributed by atoms with Gasteiger partial charge in [-0.15, -0.1) is 0 Å². The topological polar surface area (TPSA) is 86.5 Å². The third kappa shape index (κ3) is 7.51. The molecule has 8 nitrogen and oxygen atoms in total. The molecule has 0 fully saturated rings. The maximum atomic E-state index is 5.43. The Kier molecular flexibility index (Phi) is 10.4. The number of methoxy groups -OCH3 is 3. The van der Waals surface area contributed by atoms with Crippen molar-refractivity contribution in [2.75, 3.05) is 47.6 Å². The largest absolute Gasteiger partial charge is 0.493 e. The van der Waals surface area contributed by atoms with Gasteiger partial charge < -0.3 is 34.0 Å². The van der Waals surface area contributed by atoms with Crippen molar-refractivity contribution in [1.82, 2.24) is 10.6 Å². The van der Waals surface area contributed by atoms with Gasteiger partial charge in [-0.25, -0.2) is 4.99 Å². The van der Waals surface area contributed by atoms with Crippen LogP contribution in [0.4, 0.5) is 0 Å². The van der Waals surface area contributed by atoms with E-state index in [-0.39, 0.29) is 0 Å². The Balaban J connectivity index is 2.03. The molecule has 0 bridgehead atoms. The van der Waals surface area contributed by atoms with Gasteiger partial charge in [-0.1, -0.05) is 0 Å². The Morgan fingerprint density at radius 2 is 1.77 bits per heavy atom. The zero-order valence-corrected chi connectivity index (χ0v) is 18.3. The summed E-state index contributed by atoms with van der Waals surface area (Å²) in [5, 5.41) is 6.70. The number of benzene rings is 1. The van der Waals surface area contributed by atoms with Crippen molar-refractivity contribution < 1.29 is 23.4 Å². The van der Waals surface area contributed by atoms with Crippen LogP contribution < -0.4 is 24.8 Å². The van der Waals surface area contributed by atoms with Crippen LogP contribution in [-0.4, -0.2) is 53.6 Å². The third-order valence-corrected chi connectivity index (χ3v) is 4.35. The predicted octanol–water partition coefficient (Wildman–Crippen LogP) is 3.01. The fourth-order valence-electron chi connectivity index (χ4n) is 2.86. The molecule has 0 radical (unpaired) electrons. The highest BCUT2D eigenvalue weighted by Gasteiger charge is 2.13. The Morgan fingerprint density at radius 1 is 1.03 bits per heavy atom. The van der Waals surface area contributed by atoms with E-state index >= 15 is 0 Å². The lowest BCUT2D eigenvalue weighted by Gasteiger charge is -2.15. The summed E-state index contributed by atoms with van der Waals surface area (Å²) in [5.74, 6) is 3.45. The average molecular weight is 420 g/mol. The first-order valence-electron chi connectivity index (χ1n) is 10.1. The number of hydrogen-bond donors (Lipinski definition) is 2. The molecule has 0 atom stereocenters. The lowest BCUT2D eigenvalue weighted by Crippen LogP contribution is -2.39. The number of nitrogens with zero attached hydrogens (tertiary/aromatic N) is 1. The van der Waals surface area contributed by atoms with Gasteiger partial charge in [0.25, 0.3) is 0 Å². The molecule has 8 heteroatoms. The summed E-state index contributed by atoms with van der Waals surface area (Å²) in [5.41, 5.74) is 0.950. The number of hydrogen-bond acceptors (Lipinski definition) is 6. The summed E-state index contributed by atoms with van der Waals surface area (Å²) in [6, 6.07) is 7.66. The molecule has 0 spiro atoms. The molecule has 166 valence electrons. The molecule has 0 saturated heterocycles. The molecule has 0 aliphatic heterocycles.